The van der Waals surface area contributed by atoms with E-state index in [0.29, 0.717) is 25.2 Å². The maximum atomic E-state index is 12.9. The van der Waals surface area contributed by atoms with Crippen molar-refractivity contribution in [3.05, 3.63) is 75.7 Å². The van der Waals surface area contributed by atoms with Gasteiger partial charge in [-0.1, -0.05) is 59.4 Å². The monoisotopic (exact) mass is 519 g/mol. The van der Waals surface area contributed by atoms with Crippen LogP contribution in [0.15, 0.2) is 54.6 Å². The summed E-state index contributed by atoms with van der Waals surface area (Å²) in [7, 11) is 0. The van der Waals surface area contributed by atoms with Gasteiger partial charge >= 0.3 is 0 Å². The van der Waals surface area contributed by atoms with Gasteiger partial charge in [0, 0.05) is 31.2 Å². The third kappa shape index (κ3) is 7.69. The summed E-state index contributed by atoms with van der Waals surface area (Å²) in [5.74, 6) is -0.290. The molecule has 2 N–H and O–H groups in total. The van der Waals surface area contributed by atoms with Crippen LogP contribution in [0.3, 0.4) is 0 Å². The van der Waals surface area contributed by atoms with E-state index in [0.717, 1.165) is 42.6 Å². The first-order chi connectivity index (χ1) is 17.9. The second-order valence-electron chi connectivity index (χ2n) is 9.67. The van der Waals surface area contributed by atoms with E-state index in [9.17, 15) is 14.4 Å². The summed E-state index contributed by atoms with van der Waals surface area (Å²) < 4.78 is 0. The molecule has 1 aromatic heterocycles. The van der Waals surface area contributed by atoms with Crippen LogP contribution >= 0.6 is 11.3 Å². The fourth-order valence-electron chi connectivity index (χ4n) is 4.39. The highest BCUT2D eigenvalue weighted by Gasteiger charge is 2.28. The number of piperidine rings is 1. The van der Waals surface area contributed by atoms with E-state index >= 15 is 0 Å². The Balaban J connectivity index is 1.19. The van der Waals surface area contributed by atoms with Gasteiger partial charge in [-0.3, -0.25) is 14.4 Å². The fraction of sp³-hybridized carbons (Fsp3) is 0.393. The van der Waals surface area contributed by atoms with Gasteiger partial charge in [-0.15, -0.1) is 10.2 Å². The molecule has 1 aliphatic heterocycles. The molecule has 8 nitrogen and oxygen atoms in total. The quantitative estimate of drug-likeness (QED) is 0.434. The van der Waals surface area contributed by atoms with Crippen molar-refractivity contribution in [2.45, 2.75) is 52.0 Å². The molecule has 37 heavy (non-hydrogen) atoms. The van der Waals surface area contributed by atoms with Gasteiger partial charge < -0.3 is 15.5 Å². The Morgan fingerprint density at radius 3 is 2.38 bits per heavy atom. The lowest BCUT2D eigenvalue weighted by atomic mass is 9.93. The van der Waals surface area contributed by atoms with Crippen molar-refractivity contribution in [3.63, 3.8) is 0 Å². The molecule has 0 saturated carbocycles. The molecule has 3 amide bonds. The molecule has 0 aliphatic carbocycles. The van der Waals surface area contributed by atoms with Gasteiger partial charge in [0.2, 0.25) is 15.9 Å². The molecule has 1 saturated heterocycles. The first-order valence-corrected chi connectivity index (χ1v) is 13.5. The van der Waals surface area contributed by atoms with Gasteiger partial charge in [0.1, 0.15) is 0 Å². The number of rotatable bonds is 9. The van der Waals surface area contributed by atoms with Gasteiger partial charge in [0.05, 0.1) is 0 Å². The largest absolute Gasteiger partial charge is 0.354 e. The van der Waals surface area contributed by atoms with Crippen LogP contribution < -0.4 is 10.6 Å². The summed E-state index contributed by atoms with van der Waals surface area (Å²) in [5, 5.41) is 14.1. The Hall–Kier alpha value is -3.59. The van der Waals surface area contributed by atoms with Gasteiger partial charge in [-0.05, 0) is 63.1 Å². The van der Waals surface area contributed by atoms with Crippen molar-refractivity contribution in [1.82, 2.24) is 20.4 Å². The van der Waals surface area contributed by atoms with Crippen LogP contribution in [-0.4, -0.2) is 52.0 Å². The number of aryl methyl sites for hydroxylation is 2. The number of hydrogen-bond acceptors (Lipinski definition) is 6. The molecule has 0 unspecified atom stereocenters. The van der Waals surface area contributed by atoms with Gasteiger partial charge in [-0.2, -0.15) is 0 Å². The van der Waals surface area contributed by atoms with E-state index in [4.69, 9.17) is 0 Å². The number of nitrogens with one attached hydrogen (secondary N) is 2. The zero-order chi connectivity index (χ0) is 26.2. The van der Waals surface area contributed by atoms with Crippen molar-refractivity contribution >= 4 is 34.7 Å². The highest BCUT2D eigenvalue weighted by Crippen LogP contribution is 2.23. The molecule has 0 spiro atoms. The van der Waals surface area contributed by atoms with Crippen molar-refractivity contribution in [2.75, 3.05) is 18.4 Å². The van der Waals surface area contributed by atoms with E-state index < -0.39 is 0 Å². The molecule has 2 heterocycles. The minimum Gasteiger partial charge on any atom is -0.354 e. The minimum atomic E-state index is -0.386. The Morgan fingerprint density at radius 2 is 1.68 bits per heavy atom. The smallest absolute Gasteiger partial charge is 0.286 e. The predicted octanol–water partition coefficient (Wildman–Crippen LogP) is 4.48. The van der Waals surface area contributed by atoms with Crippen LogP contribution in [0.2, 0.25) is 0 Å². The first kappa shape index (κ1) is 26.5. The Labute approximate surface area is 221 Å². The number of amides is 3. The lowest BCUT2D eigenvalue weighted by Gasteiger charge is -2.31. The van der Waals surface area contributed by atoms with Crippen LogP contribution in [0.1, 0.15) is 63.3 Å². The average molecular weight is 520 g/mol. The average Bonchev–Trinajstić information content (AvgIpc) is 3.40. The number of carbonyl (C=O) groups excluding carboxylic acids is 3. The van der Waals surface area contributed by atoms with E-state index in [1.165, 1.54) is 5.56 Å². The van der Waals surface area contributed by atoms with Crippen molar-refractivity contribution in [1.29, 1.82) is 0 Å². The number of carbonyl (C=O) groups is 3. The standard InChI is InChI=1S/C28H33N5O3S/c1-19-8-12-23(13-9-19)30-25(35)26-31-32-27(37-26)28(36)33-16-14-22(15-17-33)18-24(34)29-20(2)10-11-21-6-4-3-5-7-21/h3-9,12-13,20,22H,10-11,14-18H2,1-2H3,(H,29,34)(H,30,35)/t20-/m1/s1. The molecule has 0 bridgehead atoms. The van der Waals surface area contributed by atoms with E-state index in [-0.39, 0.29) is 39.7 Å². The number of aromatic nitrogens is 2. The summed E-state index contributed by atoms with van der Waals surface area (Å²) in [6.45, 7) is 5.13. The lowest BCUT2D eigenvalue weighted by molar-refractivity contribution is -0.122. The zero-order valence-electron chi connectivity index (χ0n) is 21.3. The summed E-state index contributed by atoms with van der Waals surface area (Å²) in [5.41, 5.74) is 3.03. The molecule has 0 radical (unpaired) electrons. The highest BCUT2D eigenvalue weighted by atomic mass is 32.1. The first-order valence-electron chi connectivity index (χ1n) is 12.7. The van der Waals surface area contributed by atoms with Crippen LogP contribution in [0.5, 0.6) is 0 Å². The van der Waals surface area contributed by atoms with Crippen LogP contribution in [0.25, 0.3) is 0 Å². The maximum absolute atomic E-state index is 12.9. The molecule has 1 fully saturated rings. The van der Waals surface area contributed by atoms with E-state index in [2.05, 4.69) is 33.0 Å². The molecule has 9 heteroatoms. The van der Waals surface area contributed by atoms with Crippen molar-refractivity contribution in [3.8, 4) is 0 Å². The molecule has 194 valence electrons. The summed E-state index contributed by atoms with van der Waals surface area (Å²) in [4.78, 5) is 39.7. The third-order valence-corrected chi connectivity index (χ3v) is 7.51. The fourth-order valence-corrected chi connectivity index (χ4v) is 5.10. The molecule has 2 aromatic carbocycles. The van der Waals surface area contributed by atoms with Crippen LogP contribution in [0, 0.1) is 12.8 Å². The highest BCUT2D eigenvalue weighted by molar-refractivity contribution is 7.15. The van der Waals surface area contributed by atoms with E-state index in [1.54, 1.807) is 4.90 Å². The molecular formula is C28H33N5O3S. The Morgan fingerprint density at radius 1 is 1.00 bits per heavy atom. The zero-order valence-corrected chi connectivity index (χ0v) is 22.1. The van der Waals surface area contributed by atoms with Crippen molar-refractivity contribution < 1.29 is 14.4 Å². The predicted molar refractivity (Wildman–Crippen MR) is 145 cm³/mol. The second-order valence-corrected chi connectivity index (χ2v) is 10.6. The number of benzene rings is 2. The van der Waals surface area contributed by atoms with Crippen molar-refractivity contribution in [2.24, 2.45) is 5.92 Å². The van der Waals surface area contributed by atoms with E-state index in [1.807, 2.05) is 56.3 Å². The second kappa shape index (κ2) is 12.6. The summed E-state index contributed by atoms with van der Waals surface area (Å²) in [6.07, 6.45) is 3.83. The summed E-state index contributed by atoms with van der Waals surface area (Å²) in [6, 6.07) is 17.8. The topological polar surface area (TPSA) is 104 Å². The molecular weight excluding hydrogens is 486 g/mol. The number of likely N-dealkylation sites (tertiary alicyclic amines) is 1. The van der Waals surface area contributed by atoms with Gasteiger partial charge in [-0.25, -0.2) is 0 Å². The molecule has 3 aromatic rings. The van der Waals surface area contributed by atoms with Gasteiger partial charge in [0.25, 0.3) is 11.8 Å². The maximum Gasteiger partial charge on any atom is 0.286 e. The Bertz CT molecular complexity index is 1200. The number of hydrogen-bond donors (Lipinski definition) is 2. The molecule has 1 aliphatic rings. The van der Waals surface area contributed by atoms with Gasteiger partial charge in [0.15, 0.2) is 0 Å². The Kier molecular flexibility index (Phi) is 9.00. The van der Waals surface area contributed by atoms with Crippen LogP contribution in [0.4, 0.5) is 5.69 Å². The van der Waals surface area contributed by atoms with Crippen LogP contribution in [-0.2, 0) is 11.2 Å². The molecule has 1 atom stereocenters. The minimum absolute atomic E-state index is 0.0682. The SMILES string of the molecule is Cc1ccc(NC(=O)c2nnc(C(=O)N3CCC(CC(=O)N[C@H](C)CCc4ccccc4)CC3)s2)cc1. The number of anilines is 1. The number of nitrogens with zero attached hydrogens (tertiary/aromatic N) is 3. The third-order valence-electron chi connectivity index (χ3n) is 6.60. The molecule has 4 rings (SSSR count). The normalized spacial score (nSPS) is 14.7. The summed E-state index contributed by atoms with van der Waals surface area (Å²) >= 11 is 0.997. The lowest BCUT2D eigenvalue weighted by Crippen LogP contribution is -2.40.